The van der Waals surface area contributed by atoms with E-state index in [0.717, 1.165) is 87.1 Å². The summed E-state index contributed by atoms with van der Waals surface area (Å²) in [4.78, 5) is 10.1. The third-order valence-electron chi connectivity index (χ3n) is 10.8. The lowest BCUT2D eigenvalue weighted by molar-refractivity contribution is 0.592. The normalized spacial score (nSPS) is 13.1. The number of benzene rings is 8. The Morgan fingerprint density at radius 2 is 1.23 bits per heavy atom. The van der Waals surface area contributed by atoms with Gasteiger partial charge in [0.15, 0.2) is 7.14 Å². The van der Waals surface area contributed by atoms with Gasteiger partial charge in [-0.2, -0.15) is 0 Å². The zero-order valence-corrected chi connectivity index (χ0v) is 29.4. The average molecular weight is 696 g/mol. The smallest absolute Gasteiger partial charge is 0.171 e. The molecule has 0 radical (unpaired) electrons. The summed E-state index contributed by atoms with van der Waals surface area (Å²) < 4.78 is 18.2. The van der Waals surface area contributed by atoms with Crippen LogP contribution in [0.4, 0.5) is 0 Å². The molecule has 0 spiro atoms. The van der Waals surface area contributed by atoms with Crippen molar-refractivity contribution in [2.45, 2.75) is 0 Å². The molecule has 0 aliphatic heterocycles. The molecule has 11 aromatic rings. The van der Waals surface area contributed by atoms with Crippen LogP contribution < -0.4 is 15.9 Å². The Kier molecular flexibility index (Phi) is 6.49. The minimum atomic E-state index is -3.31. The second-order valence-electron chi connectivity index (χ2n) is 13.7. The molecule has 53 heavy (non-hydrogen) atoms. The molecule has 1 atom stereocenters. The number of imidazole rings is 1. The second-order valence-corrected chi connectivity index (χ2v) is 16.4. The van der Waals surface area contributed by atoms with E-state index in [2.05, 4.69) is 120 Å². The first-order chi connectivity index (χ1) is 26.2. The number of aromatic nitrogens is 3. The highest BCUT2D eigenvalue weighted by Gasteiger charge is 2.32. The van der Waals surface area contributed by atoms with Gasteiger partial charge in [0.2, 0.25) is 0 Å². The monoisotopic (exact) mass is 695 g/mol. The van der Waals surface area contributed by atoms with Gasteiger partial charge in [-0.15, -0.1) is 0 Å². The van der Waals surface area contributed by atoms with Gasteiger partial charge in [-0.1, -0.05) is 140 Å². The molecular weight excluding hydrogens is 666 g/mol. The predicted octanol–water partition coefficient (Wildman–Crippen LogP) is 11.0. The van der Waals surface area contributed by atoms with Gasteiger partial charge >= 0.3 is 0 Å². The first-order valence-electron chi connectivity index (χ1n) is 17.8. The van der Waals surface area contributed by atoms with Crippen LogP contribution in [-0.4, -0.2) is 14.4 Å². The topological polar surface area (TPSA) is 47.3 Å². The lowest BCUT2D eigenvalue weighted by Crippen LogP contribution is -2.25. The Labute approximate surface area is 305 Å². The minimum Gasteiger partial charge on any atom is -0.309 e. The summed E-state index contributed by atoms with van der Waals surface area (Å²) in [5.41, 5.74) is 7.07. The van der Waals surface area contributed by atoms with Crippen molar-refractivity contribution in [1.82, 2.24) is 14.4 Å². The maximum atomic E-state index is 15.9. The van der Waals surface area contributed by atoms with Crippen LogP contribution >= 0.6 is 7.14 Å². The zero-order valence-electron chi connectivity index (χ0n) is 28.5. The van der Waals surface area contributed by atoms with Gasteiger partial charge in [0.1, 0.15) is 5.65 Å². The standard InChI is InChI=1S/C48H30N3OP/c52-53(35-13-2-1-3-14-35,36-23-20-31-11-4-5-12-32(31)30-36)45-27-26-37(46-42(45)17-10-28-49-46)33-21-24-38-34(29-33)22-25-40-39-15-6-7-16-41(39)48-50-43-18-8-9-19-44(43)51(48)47(38)40/h1-30H. The summed E-state index contributed by atoms with van der Waals surface area (Å²) in [5, 5.41) is 11.3. The lowest BCUT2D eigenvalue weighted by atomic mass is 9.96. The summed E-state index contributed by atoms with van der Waals surface area (Å²) >= 11 is 0. The van der Waals surface area contributed by atoms with Crippen LogP contribution in [-0.2, 0) is 4.57 Å². The molecule has 0 saturated heterocycles. The molecular formula is C48H30N3OP. The van der Waals surface area contributed by atoms with Gasteiger partial charge in [-0.3, -0.25) is 9.38 Å². The molecule has 0 fully saturated rings. The van der Waals surface area contributed by atoms with Gasteiger partial charge in [-0.05, 0) is 63.5 Å². The molecule has 0 bridgehead atoms. The number of para-hydroxylation sites is 2. The highest BCUT2D eigenvalue weighted by Crippen LogP contribution is 2.46. The molecule has 3 aromatic heterocycles. The molecule has 11 rings (SSSR count). The summed E-state index contributed by atoms with van der Waals surface area (Å²) in [5.74, 6) is 0. The molecule has 4 nitrogen and oxygen atoms in total. The largest absolute Gasteiger partial charge is 0.309 e. The quantitative estimate of drug-likeness (QED) is 0.136. The van der Waals surface area contributed by atoms with Gasteiger partial charge in [0.25, 0.3) is 0 Å². The lowest BCUT2D eigenvalue weighted by Gasteiger charge is -2.23. The Hall–Kier alpha value is -6.61. The fraction of sp³-hybridized carbons (Fsp3) is 0. The molecule has 0 amide bonds. The molecule has 1 unspecified atom stereocenters. The molecule has 0 N–H and O–H groups in total. The number of hydrogen-bond donors (Lipinski definition) is 0. The average Bonchev–Trinajstić information content (AvgIpc) is 3.63. The fourth-order valence-corrected chi connectivity index (χ4v) is 11.2. The van der Waals surface area contributed by atoms with Crippen molar-refractivity contribution in [3.05, 3.63) is 182 Å². The van der Waals surface area contributed by atoms with Crippen molar-refractivity contribution in [3.63, 3.8) is 0 Å². The van der Waals surface area contributed by atoms with E-state index in [4.69, 9.17) is 9.97 Å². The molecule has 3 heterocycles. The summed E-state index contributed by atoms with van der Waals surface area (Å²) in [7, 11) is -3.31. The molecule has 5 heteroatoms. The molecule has 0 aliphatic carbocycles. The number of pyridine rings is 2. The maximum absolute atomic E-state index is 15.9. The Morgan fingerprint density at radius 1 is 0.491 bits per heavy atom. The van der Waals surface area contributed by atoms with Crippen LogP contribution in [0.3, 0.4) is 0 Å². The third-order valence-corrected chi connectivity index (χ3v) is 13.9. The van der Waals surface area contributed by atoms with E-state index in [1.54, 1.807) is 0 Å². The summed E-state index contributed by atoms with van der Waals surface area (Å²) in [6.07, 6.45) is 1.83. The van der Waals surface area contributed by atoms with Crippen molar-refractivity contribution < 1.29 is 4.57 Å². The van der Waals surface area contributed by atoms with E-state index in [9.17, 15) is 0 Å². The van der Waals surface area contributed by atoms with Gasteiger partial charge < -0.3 is 4.57 Å². The van der Waals surface area contributed by atoms with Crippen molar-refractivity contribution in [1.29, 1.82) is 0 Å². The van der Waals surface area contributed by atoms with E-state index in [-0.39, 0.29) is 0 Å². The summed E-state index contributed by atoms with van der Waals surface area (Å²) in [6.45, 7) is 0. The first kappa shape index (κ1) is 30.1. The molecule has 0 aliphatic rings. The van der Waals surface area contributed by atoms with Crippen LogP contribution in [0.2, 0.25) is 0 Å². The highest BCUT2D eigenvalue weighted by atomic mass is 31.2. The number of nitrogens with zero attached hydrogens (tertiary/aromatic N) is 3. The van der Waals surface area contributed by atoms with Gasteiger partial charge in [0.05, 0.1) is 22.1 Å². The molecule has 248 valence electrons. The maximum Gasteiger partial charge on any atom is 0.171 e. The van der Waals surface area contributed by atoms with Gasteiger partial charge in [-0.25, -0.2) is 4.98 Å². The van der Waals surface area contributed by atoms with Crippen LogP contribution in [0.5, 0.6) is 0 Å². The van der Waals surface area contributed by atoms with E-state index in [0.29, 0.717) is 0 Å². The zero-order chi connectivity index (χ0) is 35.1. The fourth-order valence-electron chi connectivity index (χ4n) is 8.39. The molecule has 8 aromatic carbocycles. The van der Waals surface area contributed by atoms with Crippen molar-refractivity contribution >= 4 is 93.9 Å². The van der Waals surface area contributed by atoms with Crippen molar-refractivity contribution in [2.75, 3.05) is 0 Å². The Morgan fingerprint density at radius 3 is 2.13 bits per heavy atom. The second kappa shape index (κ2) is 11.4. The van der Waals surface area contributed by atoms with Gasteiger partial charge in [0, 0.05) is 49.2 Å². The third kappa shape index (κ3) is 4.40. The van der Waals surface area contributed by atoms with Crippen molar-refractivity contribution in [2.24, 2.45) is 0 Å². The Balaban J connectivity index is 1.15. The summed E-state index contributed by atoms with van der Waals surface area (Å²) in [6, 6.07) is 60.7. The van der Waals surface area contributed by atoms with E-state index in [1.807, 2.05) is 66.9 Å². The Bertz CT molecular complexity index is 3330. The number of fused-ring (bicyclic) bond motifs is 12. The van der Waals surface area contributed by atoms with Crippen molar-refractivity contribution in [3.8, 4) is 11.1 Å². The van der Waals surface area contributed by atoms with Crippen LogP contribution in [0.25, 0.3) is 81.9 Å². The highest BCUT2D eigenvalue weighted by molar-refractivity contribution is 7.85. The van der Waals surface area contributed by atoms with E-state index in [1.165, 1.54) is 10.8 Å². The molecule has 0 saturated carbocycles. The van der Waals surface area contributed by atoms with E-state index < -0.39 is 7.14 Å². The number of rotatable bonds is 4. The van der Waals surface area contributed by atoms with Crippen LogP contribution in [0, 0.1) is 0 Å². The minimum absolute atomic E-state index is 0.791. The first-order valence-corrected chi connectivity index (χ1v) is 19.6. The number of hydrogen-bond acceptors (Lipinski definition) is 3. The SMILES string of the molecule is O=P(c1ccccc1)(c1ccc2ccccc2c1)c1ccc(-c2ccc3c(ccc4c5ccccc5c5nc6ccccc6n5c34)c2)c2ncccc12. The predicted molar refractivity (Wildman–Crippen MR) is 223 cm³/mol. The van der Waals surface area contributed by atoms with E-state index >= 15 is 4.57 Å². The van der Waals surface area contributed by atoms with Crippen LogP contribution in [0.1, 0.15) is 0 Å². The van der Waals surface area contributed by atoms with Crippen LogP contribution in [0.15, 0.2) is 182 Å².